The molecule has 0 unspecified atom stereocenters. The number of nitrogens with one attached hydrogen (secondary N) is 1. The van der Waals surface area contributed by atoms with Gasteiger partial charge in [-0.3, -0.25) is 14.0 Å². The summed E-state index contributed by atoms with van der Waals surface area (Å²) in [6, 6.07) is 15.4. The molecular weight excluding hydrogens is 448 g/mol. The van der Waals surface area contributed by atoms with Crippen LogP contribution in [0, 0.1) is 5.92 Å². The van der Waals surface area contributed by atoms with E-state index in [1.807, 2.05) is 6.07 Å². The molecule has 1 saturated heterocycles. The maximum Gasteiger partial charge on any atom is 0.264 e. The third kappa shape index (κ3) is 6.37. The summed E-state index contributed by atoms with van der Waals surface area (Å²) in [4.78, 5) is 17.5. The van der Waals surface area contributed by atoms with Gasteiger partial charge in [0.15, 0.2) is 0 Å². The third-order valence-corrected chi connectivity index (χ3v) is 8.75. The normalized spacial score (nSPS) is 18.5. The molecule has 0 radical (unpaired) electrons. The molecule has 7 nitrogen and oxygen atoms in total. The number of amides is 1. The zero-order valence-corrected chi connectivity index (χ0v) is 20.8. The van der Waals surface area contributed by atoms with Crippen molar-refractivity contribution >= 4 is 27.3 Å². The molecule has 2 aromatic rings. The van der Waals surface area contributed by atoms with Crippen LogP contribution in [0.1, 0.15) is 32.1 Å². The first-order chi connectivity index (χ1) is 16.4. The van der Waals surface area contributed by atoms with Crippen LogP contribution in [-0.4, -0.2) is 70.4 Å². The Bertz CT molecular complexity index is 1050. The fourth-order valence-electron chi connectivity index (χ4n) is 4.94. The lowest BCUT2D eigenvalue weighted by Crippen LogP contribution is -2.49. The zero-order valence-electron chi connectivity index (χ0n) is 20.0. The van der Waals surface area contributed by atoms with Gasteiger partial charge in [0.25, 0.3) is 10.0 Å². The van der Waals surface area contributed by atoms with Crippen molar-refractivity contribution in [1.82, 2.24) is 9.80 Å². The summed E-state index contributed by atoms with van der Waals surface area (Å²) in [5.74, 6) is 0.722. The van der Waals surface area contributed by atoms with Gasteiger partial charge in [0.2, 0.25) is 5.91 Å². The molecule has 1 amide bonds. The van der Waals surface area contributed by atoms with Crippen LogP contribution in [0.25, 0.3) is 0 Å². The Labute approximate surface area is 203 Å². The Hall–Kier alpha value is -2.42. The molecule has 2 fully saturated rings. The van der Waals surface area contributed by atoms with Crippen LogP contribution < -0.4 is 9.62 Å². The van der Waals surface area contributed by atoms with Crippen molar-refractivity contribution in [2.75, 3.05) is 55.9 Å². The van der Waals surface area contributed by atoms with Crippen molar-refractivity contribution in [2.24, 2.45) is 5.92 Å². The number of piperazine rings is 1. The summed E-state index contributed by atoms with van der Waals surface area (Å²) in [7, 11) is -2.20. The highest BCUT2D eigenvalue weighted by molar-refractivity contribution is 7.92. The second kappa shape index (κ2) is 11.3. The van der Waals surface area contributed by atoms with Gasteiger partial charge >= 0.3 is 0 Å². The van der Waals surface area contributed by atoms with Gasteiger partial charge in [-0.2, -0.15) is 0 Å². The van der Waals surface area contributed by atoms with Gasteiger partial charge in [-0.05, 0) is 49.1 Å². The number of carbonyl (C=O) groups is 1. The molecule has 34 heavy (non-hydrogen) atoms. The van der Waals surface area contributed by atoms with Crippen molar-refractivity contribution in [2.45, 2.75) is 37.0 Å². The van der Waals surface area contributed by atoms with E-state index in [0.29, 0.717) is 17.9 Å². The van der Waals surface area contributed by atoms with Crippen LogP contribution in [0.5, 0.6) is 0 Å². The number of para-hydroxylation sites is 1. The van der Waals surface area contributed by atoms with Gasteiger partial charge in [0, 0.05) is 45.5 Å². The second-order valence-corrected chi connectivity index (χ2v) is 11.4. The predicted octanol–water partition coefficient (Wildman–Crippen LogP) is 3.65. The summed E-state index contributed by atoms with van der Waals surface area (Å²) < 4.78 is 27.4. The van der Waals surface area contributed by atoms with E-state index in [4.69, 9.17) is 0 Å². The molecule has 0 atom stereocenters. The molecule has 2 aromatic carbocycles. The summed E-state index contributed by atoms with van der Waals surface area (Å²) >= 11 is 0. The molecule has 8 heteroatoms. The molecule has 1 saturated carbocycles. The second-order valence-electron chi connectivity index (χ2n) is 9.46. The van der Waals surface area contributed by atoms with Gasteiger partial charge in [-0.25, -0.2) is 8.42 Å². The Morgan fingerprint density at radius 1 is 0.941 bits per heavy atom. The fourth-order valence-corrected chi connectivity index (χ4v) is 6.18. The fraction of sp³-hybridized carbons (Fsp3) is 0.500. The SMILES string of the molecule is CN(c1ccccc1)S(=O)(=O)c1cccc(NC(=O)CN2CCN(CC3CCCCC3)CC2)c1. The van der Waals surface area contributed by atoms with Gasteiger partial charge in [-0.15, -0.1) is 0 Å². The monoisotopic (exact) mass is 484 g/mol. The molecular formula is C26H36N4O3S. The first kappa shape index (κ1) is 24.7. The topological polar surface area (TPSA) is 73.0 Å². The molecule has 0 spiro atoms. The molecule has 1 heterocycles. The van der Waals surface area contributed by atoms with Crippen LogP contribution in [0.15, 0.2) is 59.5 Å². The van der Waals surface area contributed by atoms with Gasteiger partial charge in [0.1, 0.15) is 0 Å². The average molecular weight is 485 g/mol. The highest BCUT2D eigenvalue weighted by Crippen LogP contribution is 2.25. The van der Waals surface area contributed by atoms with E-state index in [9.17, 15) is 13.2 Å². The number of nitrogens with zero attached hydrogens (tertiary/aromatic N) is 3. The molecule has 184 valence electrons. The molecule has 4 rings (SSSR count). The first-order valence-corrected chi connectivity index (χ1v) is 13.7. The number of rotatable bonds is 8. The Morgan fingerprint density at radius 3 is 2.32 bits per heavy atom. The number of sulfonamides is 1. The van der Waals surface area contributed by atoms with E-state index < -0.39 is 10.0 Å². The molecule has 0 aromatic heterocycles. The van der Waals surface area contributed by atoms with E-state index >= 15 is 0 Å². The van der Waals surface area contributed by atoms with E-state index in [0.717, 1.165) is 32.1 Å². The number of benzene rings is 2. The van der Waals surface area contributed by atoms with Crippen molar-refractivity contribution in [3.63, 3.8) is 0 Å². The lowest BCUT2D eigenvalue weighted by atomic mass is 9.89. The summed E-state index contributed by atoms with van der Waals surface area (Å²) in [6.07, 6.45) is 6.85. The van der Waals surface area contributed by atoms with Crippen molar-refractivity contribution in [3.05, 3.63) is 54.6 Å². The van der Waals surface area contributed by atoms with Crippen molar-refractivity contribution < 1.29 is 13.2 Å². The summed E-state index contributed by atoms with van der Waals surface area (Å²) in [6.45, 7) is 5.29. The largest absolute Gasteiger partial charge is 0.325 e. The lowest BCUT2D eigenvalue weighted by molar-refractivity contribution is -0.117. The summed E-state index contributed by atoms with van der Waals surface area (Å²) in [5, 5.41) is 2.88. The van der Waals surface area contributed by atoms with E-state index in [1.165, 1.54) is 56.1 Å². The first-order valence-electron chi connectivity index (χ1n) is 12.3. The van der Waals surface area contributed by atoms with E-state index in [-0.39, 0.29) is 10.8 Å². The highest BCUT2D eigenvalue weighted by Gasteiger charge is 2.24. The molecule has 0 bridgehead atoms. The number of hydrogen-bond donors (Lipinski definition) is 1. The predicted molar refractivity (Wildman–Crippen MR) is 137 cm³/mol. The average Bonchev–Trinajstić information content (AvgIpc) is 2.86. The maximum atomic E-state index is 13.1. The third-order valence-electron chi connectivity index (χ3n) is 6.97. The minimum atomic E-state index is -3.73. The van der Waals surface area contributed by atoms with E-state index in [1.54, 1.807) is 42.5 Å². The van der Waals surface area contributed by atoms with Gasteiger partial charge in [0.05, 0.1) is 17.1 Å². The molecule has 2 aliphatic rings. The molecule has 1 aliphatic carbocycles. The number of anilines is 2. The van der Waals surface area contributed by atoms with Crippen LogP contribution in [0.3, 0.4) is 0 Å². The Balaban J connectivity index is 1.29. The van der Waals surface area contributed by atoms with Crippen LogP contribution in [0.4, 0.5) is 11.4 Å². The van der Waals surface area contributed by atoms with E-state index in [2.05, 4.69) is 15.1 Å². The minimum Gasteiger partial charge on any atom is -0.325 e. The smallest absolute Gasteiger partial charge is 0.264 e. The highest BCUT2D eigenvalue weighted by atomic mass is 32.2. The molecule has 1 N–H and O–H groups in total. The van der Waals surface area contributed by atoms with Crippen LogP contribution >= 0.6 is 0 Å². The van der Waals surface area contributed by atoms with Gasteiger partial charge < -0.3 is 10.2 Å². The lowest BCUT2D eigenvalue weighted by Gasteiger charge is -2.37. The Kier molecular flexibility index (Phi) is 8.24. The van der Waals surface area contributed by atoms with Crippen molar-refractivity contribution in [1.29, 1.82) is 0 Å². The number of hydrogen-bond acceptors (Lipinski definition) is 5. The standard InChI is InChI=1S/C26H36N4O3S/c1-28(24-12-6-3-7-13-24)34(32,33)25-14-8-11-23(19-25)27-26(31)21-30-17-15-29(16-18-30)20-22-9-4-2-5-10-22/h3,6-8,11-14,19,22H,2,4-5,9-10,15-18,20-21H2,1H3,(H,27,31). The number of carbonyl (C=O) groups excluding carboxylic acids is 1. The quantitative estimate of drug-likeness (QED) is 0.619. The molecule has 1 aliphatic heterocycles. The van der Waals surface area contributed by atoms with Crippen LogP contribution in [-0.2, 0) is 14.8 Å². The van der Waals surface area contributed by atoms with Crippen molar-refractivity contribution in [3.8, 4) is 0 Å². The Morgan fingerprint density at radius 2 is 1.62 bits per heavy atom. The minimum absolute atomic E-state index is 0.119. The van der Waals surface area contributed by atoms with Gasteiger partial charge in [-0.1, -0.05) is 43.5 Å². The maximum absolute atomic E-state index is 13.1. The van der Waals surface area contributed by atoms with Crippen LogP contribution in [0.2, 0.25) is 0 Å². The zero-order chi connectivity index (χ0) is 24.0. The summed E-state index contributed by atoms with van der Waals surface area (Å²) in [5.41, 5.74) is 1.07.